The van der Waals surface area contributed by atoms with Crippen LogP contribution in [-0.4, -0.2) is 87.4 Å². The number of rotatable bonds is 13. The zero-order valence-corrected chi connectivity index (χ0v) is 26.5. The number of phenolic OH excluding ortho intramolecular Hbond substituents is 1. The molecule has 0 radical (unpaired) electrons. The van der Waals surface area contributed by atoms with Gasteiger partial charge in [-0.15, -0.1) is 11.8 Å². The second kappa shape index (κ2) is 14.3. The van der Waals surface area contributed by atoms with E-state index in [1.54, 1.807) is 32.0 Å². The molecule has 252 valence electrons. The molecule has 4 atom stereocenters. The first-order valence-electron chi connectivity index (χ1n) is 14.4. The molecule has 4 unspecified atom stereocenters. The normalized spacial score (nSPS) is 17.9. The number of ether oxygens (including phenoxy) is 2. The predicted molar refractivity (Wildman–Crippen MR) is 169 cm³/mol. The Labute approximate surface area is 272 Å². The number of carboxylic acids is 2. The molecule has 2 aromatic carbocycles. The number of aliphatic carboxylic acids is 2. The number of carbonyl (C=O) groups excluding carboxylic acids is 2. The number of carboxylic acid groups (broad SMARTS) is 2. The van der Waals surface area contributed by atoms with E-state index in [4.69, 9.17) is 29.8 Å². The SMILES string of the molecule is COc1ccc(-c2cc3ccc4c(c3oc2=O)C(SCC(NC(=O)CCC(N)C(=O)O)C(=O)NCC(=O)O)C(O)C(C)(C)O4)c(O)c1. The number of fused-ring (bicyclic) bond motifs is 3. The summed E-state index contributed by atoms with van der Waals surface area (Å²) in [7, 11) is 1.44. The maximum atomic E-state index is 13.3. The van der Waals surface area contributed by atoms with Crippen molar-refractivity contribution in [3.05, 3.63) is 52.4 Å². The Morgan fingerprint density at radius 2 is 1.83 bits per heavy atom. The molecule has 0 fully saturated rings. The van der Waals surface area contributed by atoms with Crippen molar-refractivity contribution < 1.29 is 53.5 Å². The first-order valence-corrected chi connectivity index (χ1v) is 15.4. The summed E-state index contributed by atoms with van der Waals surface area (Å²) < 4.78 is 17.0. The highest BCUT2D eigenvalue weighted by molar-refractivity contribution is 7.99. The number of carbonyl (C=O) groups is 4. The van der Waals surface area contributed by atoms with Crippen molar-refractivity contribution in [1.82, 2.24) is 10.6 Å². The summed E-state index contributed by atoms with van der Waals surface area (Å²) in [5.41, 5.74) is 4.23. The van der Waals surface area contributed by atoms with Gasteiger partial charge in [-0.1, -0.05) is 0 Å². The lowest BCUT2D eigenvalue weighted by atomic mass is 9.89. The number of aliphatic hydroxyl groups excluding tert-OH is 1. The molecule has 16 heteroatoms. The molecule has 0 saturated heterocycles. The lowest BCUT2D eigenvalue weighted by Gasteiger charge is -2.42. The fraction of sp³-hybridized carbons (Fsp3) is 0.387. The van der Waals surface area contributed by atoms with E-state index in [1.165, 1.54) is 25.3 Å². The molecule has 2 heterocycles. The lowest BCUT2D eigenvalue weighted by molar-refractivity contribution is -0.139. The third-order valence-corrected chi connectivity index (χ3v) is 8.94. The standard InChI is InChI=1S/C31H35N3O12S/c1-31(2)27(39)26(47-13-19(28(40)33-12-23(37)38)34-22(36)9-7-18(32)29(41)42)24-21(46-31)8-4-14-10-17(30(43)45-25(14)24)16-6-5-15(44-3)11-20(16)35/h4-6,8,10-11,18-19,26-27,35,39H,7,9,12-13,32H2,1-3H3,(H,33,40)(H,34,36)(H,37,38)(H,41,42). The van der Waals surface area contributed by atoms with Gasteiger partial charge in [0.2, 0.25) is 11.8 Å². The molecule has 4 rings (SSSR count). The van der Waals surface area contributed by atoms with Crippen LogP contribution in [0, 0.1) is 0 Å². The molecule has 47 heavy (non-hydrogen) atoms. The van der Waals surface area contributed by atoms with Crippen molar-refractivity contribution in [2.75, 3.05) is 19.4 Å². The molecule has 15 nitrogen and oxygen atoms in total. The van der Waals surface area contributed by atoms with Crippen LogP contribution in [0.3, 0.4) is 0 Å². The van der Waals surface area contributed by atoms with Crippen molar-refractivity contribution in [1.29, 1.82) is 0 Å². The molecule has 1 aliphatic heterocycles. The number of methoxy groups -OCH3 is 1. The molecule has 0 spiro atoms. The van der Waals surface area contributed by atoms with E-state index in [0.29, 0.717) is 22.4 Å². The number of hydrogen-bond donors (Lipinski definition) is 7. The Kier molecular flexibility index (Phi) is 10.7. The third-order valence-electron chi connectivity index (χ3n) is 7.56. The summed E-state index contributed by atoms with van der Waals surface area (Å²) in [6.07, 6.45) is -1.76. The van der Waals surface area contributed by atoms with Crippen molar-refractivity contribution >= 4 is 46.5 Å². The van der Waals surface area contributed by atoms with Gasteiger partial charge in [0.1, 0.15) is 53.2 Å². The largest absolute Gasteiger partial charge is 0.507 e. The zero-order chi connectivity index (χ0) is 34.6. The van der Waals surface area contributed by atoms with Crippen LogP contribution in [-0.2, 0) is 19.2 Å². The van der Waals surface area contributed by atoms with Gasteiger partial charge < -0.3 is 50.7 Å². The highest BCUT2D eigenvalue weighted by atomic mass is 32.2. The Morgan fingerprint density at radius 1 is 1.11 bits per heavy atom. The van der Waals surface area contributed by atoms with Crippen molar-refractivity contribution in [2.24, 2.45) is 5.73 Å². The summed E-state index contributed by atoms with van der Waals surface area (Å²) in [5, 5.41) is 44.3. The van der Waals surface area contributed by atoms with Gasteiger partial charge >= 0.3 is 17.6 Å². The van der Waals surface area contributed by atoms with Crippen LogP contribution in [0.2, 0.25) is 0 Å². The molecular formula is C31H35N3O12S. The van der Waals surface area contributed by atoms with Crippen LogP contribution < -0.4 is 31.5 Å². The fourth-order valence-corrected chi connectivity index (χ4v) is 6.52. The highest BCUT2D eigenvalue weighted by Crippen LogP contribution is 2.50. The molecule has 0 bridgehead atoms. The van der Waals surface area contributed by atoms with E-state index in [-0.39, 0.29) is 41.1 Å². The minimum atomic E-state index is -1.32. The topological polar surface area (TPSA) is 248 Å². The van der Waals surface area contributed by atoms with Gasteiger partial charge in [0.25, 0.3) is 0 Å². The average Bonchev–Trinajstić information content (AvgIpc) is 3.01. The smallest absolute Gasteiger partial charge is 0.344 e. The zero-order valence-electron chi connectivity index (χ0n) is 25.6. The molecule has 3 aromatic rings. The lowest BCUT2D eigenvalue weighted by Crippen LogP contribution is -2.51. The third kappa shape index (κ3) is 7.96. The van der Waals surface area contributed by atoms with Crippen LogP contribution in [0.5, 0.6) is 17.2 Å². The van der Waals surface area contributed by atoms with Gasteiger partial charge in [0.05, 0.1) is 23.5 Å². The minimum absolute atomic E-state index is 0.0694. The molecule has 0 aliphatic carbocycles. The molecule has 1 aliphatic rings. The van der Waals surface area contributed by atoms with E-state index in [2.05, 4.69) is 10.6 Å². The number of thioether (sulfide) groups is 1. The second-order valence-electron chi connectivity index (χ2n) is 11.3. The molecule has 8 N–H and O–H groups in total. The maximum Gasteiger partial charge on any atom is 0.344 e. The summed E-state index contributed by atoms with van der Waals surface area (Å²) in [6.45, 7) is 2.57. The summed E-state index contributed by atoms with van der Waals surface area (Å²) >= 11 is 1.03. The van der Waals surface area contributed by atoms with Crippen molar-refractivity contribution in [2.45, 2.75) is 55.7 Å². The van der Waals surface area contributed by atoms with E-state index >= 15 is 0 Å². The van der Waals surface area contributed by atoms with Gasteiger partial charge in [-0.3, -0.25) is 19.2 Å². The number of aliphatic hydroxyl groups is 1. The highest BCUT2D eigenvalue weighted by Gasteiger charge is 2.45. The summed E-state index contributed by atoms with van der Waals surface area (Å²) in [5.74, 6) is -3.85. The molecule has 1 aromatic heterocycles. The molecule has 2 amide bonds. The minimum Gasteiger partial charge on any atom is -0.507 e. The van der Waals surface area contributed by atoms with Gasteiger partial charge in [-0.25, -0.2) is 4.79 Å². The number of amides is 2. The van der Waals surface area contributed by atoms with Gasteiger partial charge in [0.15, 0.2) is 0 Å². The Morgan fingerprint density at radius 3 is 2.47 bits per heavy atom. The van der Waals surface area contributed by atoms with E-state index in [1.807, 2.05) is 0 Å². The second-order valence-corrected chi connectivity index (χ2v) is 12.5. The fourth-order valence-electron chi connectivity index (χ4n) is 4.99. The summed E-state index contributed by atoms with van der Waals surface area (Å²) in [6, 6.07) is 6.66. The van der Waals surface area contributed by atoms with Crippen LogP contribution >= 0.6 is 11.8 Å². The van der Waals surface area contributed by atoms with Gasteiger partial charge in [-0.2, -0.15) is 0 Å². The summed E-state index contributed by atoms with van der Waals surface area (Å²) in [4.78, 5) is 61.0. The van der Waals surface area contributed by atoms with E-state index < -0.39 is 65.0 Å². The van der Waals surface area contributed by atoms with Crippen LogP contribution in [0.1, 0.15) is 37.5 Å². The number of hydrogen-bond acceptors (Lipinski definition) is 12. The Bertz CT molecular complexity index is 1760. The Balaban J connectivity index is 1.69. The first-order chi connectivity index (χ1) is 22.1. The van der Waals surface area contributed by atoms with Gasteiger partial charge in [0, 0.05) is 29.2 Å². The average molecular weight is 674 g/mol. The van der Waals surface area contributed by atoms with Crippen LogP contribution in [0.15, 0.2) is 45.6 Å². The van der Waals surface area contributed by atoms with Gasteiger partial charge in [-0.05, 0) is 50.6 Å². The van der Waals surface area contributed by atoms with Crippen LogP contribution in [0.4, 0.5) is 0 Å². The Hall–Kier alpha value is -4.80. The van der Waals surface area contributed by atoms with Crippen LogP contribution in [0.25, 0.3) is 22.1 Å². The number of benzene rings is 2. The maximum absolute atomic E-state index is 13.3. The van der Waals surface area contributed by atoms with E-state index in [0.717, 1.165) is 11.8 Å². The van der Waals surface area contributed by atoms with Crippen molar-refractivity contribution in [3.63, 3.8) is 0 Å². The number of nitrogens with two attached hydrogens (primary N) is 1. The monoisotopic (exact) mass is 673 g/mol. The number of nitrogens with one attached hydrogen (secondary N) is 2. The predicted octanol–water partition coefficient (Wildman–Crippen LogP) is 1.36. The van der Waals surface area contributed by atoms with Crippen molar-refractivity contribution in [3.8, 4) is 28.4 Å². The first kappa shape index (κ1) is 35.1. The number of aromatic hydroxyl groups is 1. The quantitative estimate of drug-likeness (QED) is 0.127. The van der Waals surface area contributed by atoms with E-state index in [9.17, 15) is 34.2 Å². The number of phenols is 1. The molecule has 0 saturated carbocycles. The molecular weight excluding hydrogens is 638 g/mol.